The average Bonchev–Trinajstić information content (AvgIpc) is 2.36. The molecular formula is C9H6F10O3. The van der Waals surface area contributed by atoms with Crippen molar-refractivity contribution >= 4 is 5.97 Å². The van der Waals surface area contributed by atoms with Crippen LogP contribution in [-0.4, -0.2) is 41.3 Å². The van der Waals surface area contributed by atoms with Gasteiger partial charge in [-0.1, -0.05) is 0 Å². The Balaban J connectivity index is 6.07. The van der Waals surface area contributed by atoms with Crippen LogP contribution in [0.1, 0.15) is 6.92 Å². The SMILES string of the molecule is CCOC(=O)C(F)(F)C(F)(F)C(F)(F)C(O)(F)C(F)=C(F)F. The minimum absolute atomic E-state index is 0.816. The number of esters is 1. The van der Waals surface area contributed by atoms with Crippen LogP contribution < -0.4 is 0 Å². The number of hydrogen-bond donors (Lipinski definition) is 1. The smallest absolute Gasteiger partial charge is 0.410 e. The number of ether oxygens (including phenoxy) is 1. The maximum atomic E-state index is 13.0. The molecule has 0 spiro atoms. The Morgan fingerprint density at radius 1 is 0.955 bits per heavy atom. The average molecular weight is 352 g/mol. The first-order valence-corrected chi connectivity index (χ1v) is 5.02. The van der Waals surface area contributed by atoms with Crippen molar-refractivity contribution in [1.82, 2.24) is 0 Å². The molecule has 1 unspecified atom stereocenters. The summed E-state index contributed by atoms with van der Waals surface area (Å²) >= 11 is 0. The Hall–Kier alpha value is -1.53. The second-order valence-electron chi connectivity index (χ2n) is 3.64. The number of rotatable bonds is 6. The number of carbonyl (C=O) groups is 1. The molecule has 0 aromatic rings. The zero-order chi connectivity index (χ0) is 18.1. The highest BCUT2D eigenvalue weighted by molar-refractivity contribution is 5.79. The summed E-state index contributed by atoms with van der Waals surface area (Å²) in [5, 5.41) is 8.20. The zero-order valence-electron chi connectivity index (χ0n) is 10.3. The van der Waals surface area contributed by atoms with Crippen molar-refractivity contribution < 1.29 is 58.5 Å². The molecule has 0 aliphatic heterocycles. The van der Waals surface area contributed by atoms with Crippen LogP contribution in [0.2, 0.25) is 0 Å². The van der Waals surface area contributed by atoms with E-state index in [9.17, 15) is 48.7 Å². The van der Waals surface area contributed by atoms with Crippen molar-refractivity contribution in [3.8, 4) is 0 Å². The number of alkyl halides is 7. The lowest BCUT2D eigenvalue weighted by atomic mass is 9.97. The number of halogens is 10. The molecule has 0 heterocycles. The summed E-state index contributed by atoms with van der Waals surface area (Å²) in [6.45, 7) is -0.167. The number of aliphatic hydroxyl groups is 1. The van der Waals surface area contributed by atoms with E-state index < -0.39 is 48.1 Å². The molecule has 0 saturated carbocycles. The van der Waals surface area contributed by atoms with E-state index in [0.717, 1.165) is 6.92 Å². The van der Waals surface area contributed by atoms with Crippen LogP contribution in [0.3, 0.4) is 0 Å². The predicted molar refractivity (Wildman–Crippen MR) is 47.9 cm³/mol. The Labute approximate surface area is 115 Å². The Morgan fingerprint density at radius 3 is 1.68 bits per heavy atom. The van der Waals surface area contributed by atoms with Crippen LogP contribution in [-0.2, 0) is 9.53 Å². The highest BCUT2D eigenvalue weighted by Crippen LogP contribution is 2.54. The van der Waals surface area contributed by atoms with Crippen LogP contribution in [0.15, 0.2) is 11.9 Å². The molecule has 0 aromatic heterocycles. The van der Waals surface area contributed by atoms with Gasteiger partial charge in [-0.05, 0) is 6.92 Å². The zero-order valence-corrected chi connectivity index (χ0v) is 10.3. The molecule has 0 amide bonds. The first-order valence-electron chi connectivity index (χ1n) is 5.02. The van der Waals surface area contributed by atoms with Gasteiger partial charge in [0, 0.05) is 0 Å². The van der Waals surface area contributed by atoms with Gasteiger partial charge < -0.3 is 9.84 Å². The van der Waals surface area contributed by atoms with Crippen LogP contribution in [0.25, 0.3) is 0 Å². The standard InChI is InChI=1S/C9H6F10O3/c1-2-22-5(20)6(13,14)8(16,17)9(18,19)7(15,21)3(10)4(11)12/h21H,2H2,1H3. The summed E-state index contributed by atoms with van der Waals surface area (Å²) in [6.07, 6.45) is -4.00. The summed E-state index contributed by atoms with van der Waals surface area (Å²) in [5.74, 6) is -34.6. The minimum Gasteiger partial charge on any atom is -0.461 e. The summed E-state index contributed by atoms with van der Waals surface area (Å²) in [7, 11) is 0. The lowest BCUT2D eigenvalue weighted by Crippen LogP contribution is -2.66. The molecule has 0 fully saturated rings. The van der Waals surface area contributed by atoms with Gasteiger partial charge in [0.2, 0.25) is 5.83 Å². The Morgan fingerprint density at radius 2 is 1.36 bits per heavy atom. The summed E-state index contributed by atoms with van der Waals surface area (Å²) in [6, 6.07) is 0. The minimum atomic E-state index is -7.15. The van der Waals surface area contributed by atoms with E-state index in [4.69, 9.17) is 5.11 Å². The first-order chi connectivity index (χ1) is 9.59. The fraction of sp³-hybridized carbons (Fsp3) is 0.667. The molecule has 1 N–H and O–H groups in total. The van der Waals surface area contributed by atoms with E-state index in [-0.39, 0.29) is 0 Å². The van der Waals surface area contributed by atoms with E-state index in [2.05, 4.69) is 4.74 Å². The third-order valence-electron chi connectivity index (χ3n) is 2.19. The van der Waals surface area contributed by atoms with Gasteiger partial charge in [-0.25, -0.2) is 4.79 Å². The Bertz CT molecular complexity index is 466. The quantitative estimate of drug-likeness (QED) is 0.590. The number of carbonyl (C=O) groups excluding carboxylic acids is 1. The summed E-state index contributed by atoms with van der Waals surface area (Å²) < 4.78 is 130. The van der Waals surface area contributed by atoms with E-state index in [0.29, 0.717) is 0 Å². The van der Waals surface area contributed by atoms with Gasteiger partial charge >= 0.3 is 35.7 Å². The Kier molecular flexibility index (Phi) is 5.52. The molecule has 3 nitrogen and oxygen atoms in total. The molecule has 130 valence electrons. The highest BCUT2D eigenvalue weighted by atomic mass is 19.3. The molecule has 0 aliphatic rings. The van der Waals surface area contributed by atoms with Crippen molar-refractivity contribution in [2.75, 3.05) is 6.61 Å². The van der Waals surface area contributed by atoms with Gasteiger partial charge in [-0.2, -0.15) is 43.9 Å². The lowest BCUT2D eigenvalue weighted by Gasteiger charge is -2.35. The molecule has 22 heavy (non-hydrogen) atoms. The predicted octanol–water partition coefficient (Wildman–Crippen LogP) is 3.19. The normalized spacial score (nSPS) is 16.0. The fourth-order valence-electron chi connectivity index (χ4n) is 1.02. The third kappa shape index (κ3) is 2.85. The third-order valence-corrected chi connectivity index (χ3v) is 2.19. The largest absolute Gasteiger partial charge is 0.461 e. The van der Waals surface area contributed by atoms with Gasteiger partial charge in [-0.15, -0.1) is 0 Å². The molecule has 1 atom stereocenters. The second-order valence-corrected chi connectivity index (χ2v) is 3.64. The number of hydrogen-bond acceptors (Lipinski definition) is 3. The van der Waals surface area contributed by atoms with Gasteiger partial charge in [0.25, 0.3) is 0 Å². The van der Waals surface area contributed by atoms with Crippen molar-refractivity contribution in [3.05, 3.63) is 11.9 Å². The second kappa shape index (κ2) is 5.93. The molecule has 0 saturated heterocycles. The van der Waals surface area contributed by atoms with Crippen molar-refractivity contribution in [1.29, 1.82) is 0 Å². The van der Waals surface area contributed by atoms with Crippen molar-refractivity contribution in [2.24, 2.45) is 0 Å². The van der Waals surface area contributed by atoms with Crippen molar-refractivity contribution in [2.45, 2.75) is 30.5 Å². The molecule has 0 bridgehead atoms. The fourth-order valence-corrected chi connectivity index (χ4v) is 1.02. The van der Waals surface area contributed by atoms with E-state index in [1.54, 1.807) is 0 Å². The molecule has 13 heteroatoms. The van der Waals surface area contributed by atoms with Crippen molar-refractivity contribution in [3.63, 3.8) is 0 Å². The first kappa shape index (κ1) is 20.5. The van der Waals surface area contributed by atoms with E-state index in [1.807, 2.05) is 0 Å². The van der Waals surface area contributed by atoms with Gasteiger partial charge in [-0.3, -0.25) is 0 Å². The molecule has 0 rings (SSSR count). The van der Waals surface area contributed by atoms with Crippen LogP contribution in [0, 0.1) is 0 Å². The van der Waals surface area contributed by atoms with E-state index >= 15 is 0 Å². The van der Waals surface area contributed by atoms with Gasteiger partial charge in [0.05, 0.1) is 6.61 Å². The monoisotopic (exact) mass is 352 g/mol. The van der Waals surface area contributed by atoms with Crippen LogP contribution in [0.4, 0.5) is 43.9 Å². The maximum Gasteiger partial charge on any atom is 0.410 e. The van der Waals surface area contributed by atoms with Gasteiger partial charge in [0.15, 0.2) is 0 Å². The molecular weight excluding hydrogens is 346 g/mol. The topological polar surface area (TPSA) is 46.5 Å². The summed E-state index contributed by atoms with van der Waals surface area (Å²) in [4.78, 5) is 10.5. The highest BCUT2D eigenvalue weighted by Gasteiger charge is 2.84. The van der Waals surface area contributed by atoms with Crippen LogP contribution >= 0.6 is 0 Å². The van der Waals surface area contributed by atoms with E-state index in [1.165, 1.54) is 0 Å². The molecule has 0 aromatic carbocycles. The van der Waals surface area contributed by atoms with Crippen LogP contribution in [0.5, 0.6) is 0 Å². The summed E-state index contributed by atoms with van der Waals surface area (Å²) in [5.41, 5.74) is 0. The lowest BCUT2D eigenvalue weighted by molar-refractivity contribution is -0.369. The maximum absolute atomic E-state index is 13.0. The van der Waals surface area contributed by atoms with Gasteiger partial charge in [0.1, 0.15) is 0 Å². The molecule has 0 radical (unpaired) electrons. The molecule has 0 aliphatic carbocycles.